The van der Waals surface area contributed by atoms with Crippen molar-refractivity contribution in [2.45, 2.75) is 0 Å². The number of rotatable bonds is 2. The summed E-state index contributed by atoms with van der Waals surface area (Å²) in [6.07, 6.45) is 0. The molecule has 2 aromatic rings. The van der Waals surface area contributed by atoms with Gasteiger partial charge in [-0.05, 0) is 0 Å². The van der Waals surface area contributed by atoms with Gasteiger partial charge in [0, 0.05) is 0 Å². The zero-order chi connectivity index (χ0) is 10.7. The van der Waals surface area contributed by atoms with Crippen molar-refractivity contribution < 1.29 is 0 Å². The Hall–Kier alpha value is -0.131. The van der Waals surface area contributed by atoms with Gasteiger partial charge in [0.1, 0.15) is 0 Å². The molecule has 0 radical (unpaired) electrons. The minimum absolute atomic E-state index is 1.33. The molecule has 76 valence electrons. The normalized spacial score (nSPS) is 11.3. The second kappa shape index (κ2) is 4.80. The zero-order valence-corrected chi connectivity index (χ0v) is 12.2. The summed E-state index contributed by atoms with van der Waals surface area (Å²) in [5.74, 6) is 0. The Morgan fingerprint density at radius 3 is 1.40 bits per heavy atom. The van der Waals surface area contributed by atoms with Crippen LogP contribution in [0.15, 0.2) is 60.7 Å². The minimum atomic E-state index is -1.46. The molecule has 3 heteroatoms. The summed E-state index contributed by atoms with van der Waals surface area (Å²) in [7, 11) is 0. The molecule has 0 amide bonds. The number of hydrogen-bond donors (Lipinski definition) is 0. The fourth-order valence-electron chi connectivity index (χ4n) is 1.39. The van der Waals surface area contributed by atoms with Crippen molar-refractivity contribution in [3.8, 4) is 0 Å². The average Bonchev–Trinajstić information content (AvgIpc) is 2.31. The zero-order valence-electron chi connectivity index (χ0n) is 8.01. The molecule has 2 rings (SSSR count). The van der Waals surface area contributed by atoms with Gasteiger partial charge in [0.15, 0.2) is 0 Å². The van der Waals surface area contributed by atoms with E-state index in [-0.39, 0.29) is 0 Å². The van der Waals surface area contributed by atoms with Crippen LogP contribution in [0.25, 0.3) is 0 Å². The first-order valence-corrected chi connectivity index (χ1v) is 10.6. The number of halogens is 1. The molecule has 0 spiro atoms. The molecule has 15 heavy (non-hydrogen) atoms. The van der Waals surface area contributed by atoms with Crippen LogP contribution in [0.4, 0.5) is 0 Å². The van der Waals surface area contributed by atoms with Crippen molar-refractivity contribution in [3.05, 3.63) is 60.7 Å². The molecule has 0 saturated heterocycles. The summed E-state index contributed by atoms with van der Waals surface area (Å²) < 4.78 is -1.46. The van der Waals surface area contributed by atoms with Crippen molar-refractivity contribution in [2.75, 3.05) is 0 Å². The van der Waals surface area contributed by atoms with Gasteiger partial charge in [0.05, 0.1) is 0 Å². The summed E-state index contributed by atoms with van der Waals surface area (Å²) in [4.78, 5) is 0. The van der Waals surface area contributed by atoms with Crippen molar-refractivity contribution in [3.63, 3.8) is 0 Å². The molecule has 0 unspecified atom stereocenters. The monoisotopic (exact) mass is 344 g/mol. The molecule has 0 nitrogen and oxygen atoms in total. The van der Waals surface area contributed by atoms with Gasteiger partial charge in [0.25, 0.3) is 0 Å². The molecule has 0 atom stereocenters. The van der Waals surface area contributed by atoms with Crippen LogP contribution >= 0.6 is 19.7 Å². The van der Waals surface area contributed by atoms with Crippen molar-refractivity contribution in [1.29, 1.82) is 0 Å². The van der Waals surface area contributed by atoms with Crippen LogP contribution in [-0.4, -0.2) is 15.1 Å². The Labute approximate surface area is 106 Å². The summed E-state index contributed by atoms with van der Waals surface area (Å²) in [5, 5.41) is 2.66. The molecule has 0 aliphatic carbocycles. The molecule has 0 bridgehead atoms. The van der Waals surface area contributed by atoms with Gasteiger partial charge in [-0.2, -0.15) is 0 Å². The molecule has 0 fully saturated rings. The number of hydrogen-bond acceptors (Lipinski definition) is 0. The van der Waals surface area contributed by atoms with Crippen LogP contribution in [0.3, 0.4) is 0 Å². The molecule has 0 aromatic heterocycles. The molecule has 0 heterocycles. The Bertz CT molecular complexity index is 438. The van der Waals surface area contributed by atoms with Crippen LogP contribution < -0.4 is 10.6 Å². The first-order chi connectivity index (χ1) is 7.21. The Morgan fingerprint density at radius 2 is 1.07 bits per heavy atom. The Balaban J connectivity index is 2.50. The topological polar surface area (TPSA) is 0 Å². The molecular weight excluding hydrogens is 334 g/mol. The Morgan fingerprint density at radius 1 is 0.733 bits per heavy atom. The summed E-state index contributed by atoms with van der Waals surface area (Å²) >= 11 is 7.17. The van der Waals surface area contributed by atoms with E-state index in [9.17, 15) is 0 Å². The second-order valence-corrected chi connectivity index (χ2v) is 15.1. The van der Waals surface area contributed by atoms with Crippen LogP contribution in [0.1, 0.15) is 0 Å². The first-order valence-electron chi connectivity index (χ1n) is 4.62. The van der Waals surface area contributed by atoms with Crippen LogP contribution in [-0.2, 0) is 0 Å². The first kappa shape index (κ1) is 11.4. The summed E-state index contributed by atoms with van der Waals surface area (Å²) in [6.45, 7) is 0. The summed E-state index contributed by atoms with van der Waals surface area (Å²) in [6, 6.07) is 21.0. The van der Waals surface area contributed by atoms with E-state index in [1.54, 1.807) is 0 Å². The van der Waals surface area contributed by atoms with Crippen LogP contribution in [0, 0.1) is 0 Å². The van der Waals surface area contributed by atoms with Crippen molar-refractivity contribution >= 4 is 45.4 Å². The van der Waals surface area contributed by atoms with Gasteiger partial charge < -0.3 is 0 Å². The molecule has 0 aliphatic rings. The molecule has 2 aromatic carbocycles. The van der Waals surface area contributed by atoms with E-state index in [2.05, 4.69) is 79.1 Å². The van der Waals surface area contributed by atoms with E-state index in [4.69, 9.17) is 0 Å². The van der Waals surface area contributed by atoms with Crippen LogP contribution in [0.2, 0.25) is 0 Å². The molecule has 0 aliphatic heterocycles. The van der Waals surface area contributed by atoms with Gasteiger partial charge in [-0.1, -0.05) is 0 Å². The SMILES string of the molecule is [Se]=P(Br)(c1ccccc1)c1ccccc1. The molecule has 0 saturated carbocycles. The molecule has 0 N–H and O–H groups in total. The predicted octanol–water partition coefficient (Wildman–Crippen LogP) is 3.05. The van der Waals surface area contributed by atoms with E-state index in [0.29, 0.717) is 0 Å². The maximum atomic E-state index is 3.85. The third kappa shape index (κ3) is 2.52. The summed E-state index contributed by atoms with van der Waals surface area (Å²) in [5.41, 5.74) is 0. The average molecular weight is 344 g/mol. The van der Waals surface area contributed by atoms with E-state index in [1.165, 1.54) is 10.6 Å². The maximum absolute atomic E-state index is 3.85. The van der Waals surface area contributed by atoms with Crippen molar-refractivity contribution in [2.24, 2.45) is 0 Å². The Kier molecular flexibility index (Phi) is 3.64. The van der Waals surface area contributed by atoms with E-state index in [0.717, 1.165) is 0 Å². The van der Waals surface area contributed by atoms with Gasteiger partial charge in [-0.25, -0.2) is 0 Å². The standard InChI is InChI=1S/C12H10BrPSe/c13-14(15,11-7-3-1-4-8-11)12-9-5-2-6-10-12/h1-10H. The second-order valence-electron chi connectivity index (χ2n) is 3.20. The molecular formula is C12H10BrPSe. The van der Waals surface area contributed by atoms with Gasteiger partial charge in [0.2, 0.25) is 0 Å². The number of benzene rings is 2. The third-order valence-electron chi connectivity index (χ3n) is 2.18. The fraction of sp³-hybridized carbons (Fsp3) is 0. The quantitative estimate of drug-likeness (QED) is 0.580. The van der Waals surface area contributed by atoms with Gasteiger partial charge >= 0.3 is 106 Å². The fourth-order valence-corrected chi connectivity index (χ4v) is 5.75. The van der Waals surface area contributed by atoms with E-state index >= 15 is 0 Å². The van der Waals surface area contributed by atoms with E-state index < -0.39 is 4.21 Å². The predicted molar refractivity (Wildman–Crippen MR) is 73.8 cm³/mol. The third-order valence-corrected chi connectivity index (χ3v) is 9.21. The van der Waals surface area contributed by atoms with Gasteiger partial charge in [-0.3, -0.25) is 0 Å². The van der Waals surface area contributed by atoms with E-state index in [1.807, 2.05) is 12.1 Å². The van der Waals surface area contributed by atoms with Gasteiger partial charge in [-0.15, -0.1) is 0 Å². The van der Waals surface area contributed by atoms with Crippen molar-refractivity contribution in [1.82, 2.24) is 0 Å². The van der Waals surface area contributed by atoms with Crippen LogP contribution in [0.5, 0.6) is 0 Å².